The maximum atomic E-state index is 15.0. The van der Waals surface area contributed by atoms with Crippen LogP contribution in [-0.2, 0) is 42.4 Å². The van der Waals surface area contributed by atoms with Crippen LogP contribution in [0, 0.1) is 5.92 Å². The number of nitrogens with zero attached hydrogens (tertiary/aromatic N) is 2. The van der Waals surface area contributed by atoms with E-state index >= 15 is 0 Å². The third-order valence-corrected chi connectivity index (χ3v) is 13.8. The van der Waals surface area contributed by atoms with Gasteiger partial charge in [-0.2, -0.15) is 0 Å². The van der Waals surface area contributed by atoms with Crippen molar-refractivity contribution in [3.05, 3.63) is 89.5 Å². The Morgan fingerprint density at radius 3 is 2.30 bits per heavy atom. The van der Waals surface area contributed by atoms with E-state index < -0.39 is 80.0 Å². The van der Waals surface area contributed by atoms with Gasteiger partial charge in [-0.1, -0.05) is 49.4 Å². The molecule has 282 valence electrons. The van der Waals surface area contributed by atoms with Crippen molar-refractivity contribution >= 4 is 43.1 Å². The van der Waals surface area contributed by atoms with E-state index in [2.05, 4.69) is 5.32 Å². The highest BCUT2D eigenvalue weighted by Crippen LogP contribution is 2.61. The molecular formula is C38H45N3O11Si. The molecule has 2 saturated heterocycles. The Kier molecular flexibility index (Phi) is 9.84. The average Bonchev–Trinajstić information content (AvgIpc) is 3.57. The number of nitrogens with one attached hydrogen (secondary N) is 1. The number of aliphatic hydroxyl groups excluding tert-OH is 5. The fraction of sp³-hybridized carbons (Fsp3) is 0.447. The minimum absolute atomic E-state index is 0.149. The van der Waals surface area contributed by atoms with E-state index in [0.717, 1.165) is 11.1 Å². The molecule has 4 aliphatic rings. The van der Waals surface area contributed by atoms with Gasteiger partial charge in [0.05, 0.1) is 30.9 Å². The molecule has 14 nitrogen and oxygen atoms in total. The second-order valence-corrected chi connectivity index (χ2v) is 19.0. The minimum Gasteiger partial charge on any atom is -0.432 e. The van der Waals surface area contributed by atoms with Gasteiger partial charge in [0, 0.05) is 34.9 Å². The lowest BCUT2D eigenvalue weighted by atomic mass is 9.82. The summed E-state index contributed by atoms with van der Waals surface area (Å²) in [4.78, 5) is 57.4. The van der Waals surface area contributed by atoms with Crippen molar-refractivity contribution in [1.82, 2.24) is 4.90 Å². The van der Waals surface area contributed by atoms with Gasteiger partial charge in [0.25, 0.3) is 11.8 Å². The lowest BCUT2D eigenvalue weighted by Crippen LogP contribution is -2.60. The molecule has 10 atom stereocenters. The third kappa shape index (κ3) is 6.29. The van der Waals surface area contributed by atoms with Gasteiger partial charge in [-0.3, -0.25) is 19.3 Å². The summed E-state index contributed by atoms with van der Waals surface area (Å²) in [5.41, 5.74) is 1.33. The number of aliphatic hydroxyl groups is 5. The Bertz CT molecular complexity index is 1890. The molecule has 53 heavy (non-hydrogen) atoms. The Balaban J connectivity index is 1.25. The molecule has 4 heterocycles. The fourth-order valence-corrected chi connectivity index (χ4v) is 11.3. The molecule has 0 aromatic heterocycles. The van der Waals surface area contributed by atoms with Crippen LogP contribution in [0.2, 0.25) is 18.6 Å². The van der Waals surface area contributed by atoms with E-state index in [1.54, 1.807) is 60.5 Å². The van der Waals surface area contributed by atoms with E-state index in [9.17, 15) is 44.7 Å². The number of para-hydroxylation sites is 1. The second-order valence-electron chi connectivity index (χ2n) is 15.0. The normalized spacial score (nSPS) is 32.5. The van der Waals surface area contributed by atoms with Crippen molar-refractivity contribution in [3.63, 3.8) is 0 Å². The second kappa shape index (κ2) is 14.0. The molecule has 0 saturated carbocycles. The topological polar surface area (TPSA) is 210 Å². The van der Waals surface area contributed by atoms with Gasteiger partial charge in [0.1, 0.15) is 18.3 Å². The molecular weight excluding hydrogens is 703 g/mol. The van der Waals surface area contributed by atoms with Crippen LogP contribution in [0.5, 0.6) is 0 Å². The number of amides is 3. The Labute approximate surface area is 307 Å². The maximum absolute atomic E-state index is 15.0. The number of carbonyl (C=O) groups excluding carboxylic acids is 3. The van der Waals surface area contributed by atoms with E-state index in [1.165, 1.54) is 4.90 Å². The predicted octanol–water partition coefficient (Wildman–Crippen LogP) is 1.24. The SMILES string of the molecule is C[C@H]1[C@H]([Si](C)(C)O)[C@@H](CC(=O)N2Cc3ccccc3C[C@H]2CO)O[C@]12C(=O)N(c1ccccc1)c1ccc(NC(=O)[C@H]3O[C@@H](O)[C@H](O)[C@@H](O)[C@@H]3O)cc12. The number of hydrogen-bond donors (Lipinski definition) is 7. The van der Waals surface area contributed by atoms with Crippen molar-refractivity contribution < 1.29 is 54.2 Å². The molecule has 0 bridgehead atoms. The zero-order valence-corrected chi connectivity index (χ0v) is 30.6. The number of rotatable bonds is 7. The van der Waals surface area contributed by atoms with Crippen LogP contribution in [0.1, 0.15) is 30.0 Å². The number of fused-ring (bicyclic) bond motifs is 3. The van der Waals surface area contributed by atoms with Gasteiger partial charge in [0.15, 0.2) is 26.3 Å². The fourth-order valence-electron chi connectivity index (χ4n) is 8.74. The molecule has 7 rings (SSSR count). The van der Waals surface area contributed by atoms with E-state index in [0.29, 0.717) is 29.9 Å². The summed E-state index contributed by atoms with van der Waals surface area (Å²) < 4.78 is 12.0. The van der Waals surface area contributed by atoms with E-state index in [4.69, 9.17) is 9.47 Å². The molecule has 1 spiro atoms. The molecule has 4 aliphatic heterocycles. The predicted molar refractivity (Wildman–Crippen MR) is 193 cm³/mol. The van der Waals surface area contributed by atoms with Crippen molar-refractivity contribution in [2.45, 2.75) is 93.4 Å². The standard InChI is InChI=1S/C38H45N3O11Si/c1-20-34(53(2,3)50)28(17-29(43)40-18-22-10-8-7-9-21(22)15-25(40)19-42)52-38(20)26-16-23(39-35(47)33-31(45)30(44)32(46)36(48)51-33)13-14-27(26)41(37(38)49)24-11-5-4-6-12-24/h4-14,16,20,25,28,30-34,36,42,44-46,48,50H,15,17-19H2,1-3H3,(H,39,47)/t20-,25-,28+,30-,31-,32+,33-,34-,36+,38+/m0/s1. The Morgan fingerprint density at radius 1 is 0.943 bits per heavy atom. The molecule has 3 aromatic carbocycles. The van der Waals surface area contributed by atoms with Crippen LogP contribution in [0.15, 0.2) is 72.8 Å². The van der Waals surface area contributed by atoms with E-state index in [1.807, 2.05) is 37.3 Å². The van der Waals surface area contributed by atoms with Gasteiger partial charge < -0.3 is 50.0 Å². The van der Waals surface area contributed by atoms with Crippen LogP contribution in [0.25, 0.3) is 0 Å². The summed E-state index contributed by atoms with van der Waals surface area (Å²) >= 11 is 0. The first kappa shape index (κ1) is 37.3. The smallest absolute Gasteiger partial charge is 0.268 e. The lowest BCUT2D eigenvalue weighted by Gasteiger charge is -2.37. The monoisotopic (exact) mass is 747 g/mol. The van der Waals surface area contributed by atoms with Crippen LogP contribution < -0.4 is 10.2 Å². The number of benzene rings is 3. The van der Waals surface area contributed by atoms with Crippen LogP contribution >= 0.6 is 0 Å². The van der Waals surface area contributed by atoms with Gasteiger partial charge >= 0.3 is 0 Å². The minimum atomic E-state index is -3.18. The summed E-state index contributed by atoms with van der Waals surface area (Å²) in [6, 6.07) is 21.0. The van der Waals surface area contributed by atoms with Crippen LogP contribution in [0.3, 0.4) is 0 Å². The molecule has 3 aromatic rings. The lowest BCUT2D eigenvalue weighted by molar-refractivity contribution is -0.274. The molecule has 0 aliphatic carbocycles. The average molecular weight is 748 g/mol. The largest absolute Gasteiger partial charge is 0.432 e. The first-order valence-corrected chi connectivity index (χ1v) is 20.8. The van der Waals surface area contributed by atoms with Crippen molar-refractivity contribution in [2.75, 3.05) is 16.8 Å². The number of anilines is 3. The molecule has 15 heteroatoms. The van der Waals surface area contributed by atoms with Crippen molar-refractivity contribution in [2.24, 2.45) is 5.92 Å². The summed E-state index contributed by atoms with van der Waals surface area (Å²) in [6.45, 7) is 5.40. The van der Waals surface area contributed by atoms with Crippen LogP contribution in [0.4, 0.5) is 17.1 Å². The highest BCUT2D eigenvalue weighted by atomic mass is 28.4. The number of hydrogen-bond acceptors (Lipinski definition) is 11. The quantitative estimate of drug-likeness (QED) is 0.171. The zero-order valence-electron chi connectivity index (χ0n) is 29.6. The summed E-state index contributed by atoms with van der Waals surface area (Å²) in [5, 5.41) is 53.4. The first-order chi connectivity index (χ1) is 25.2. The summed E-state index contributed by atoms with van der Waals surface area (Å²) in [7, 11) is -3.18. The third-order valence-electron chi connectivity index (χ3n) is 11.3. The van der Waals surface area contributed by atoms with Gasteiger partial charge in [0.2, 0.25) is 5.91 Å². The van der Waals surface area contributed by atoms with Gasteiger partial charge in [-0.25, -0.2) is 0 Å². The molecule has 3 amide bonds. The highest BCUT2D eigenvalue weighted by Gasteiger charge is 2.67. The van der Waals surface area contributed by atoms with Gasteiger partial charge in [-0.05, 0) is 61.0 Å². The molecule has 0 radical (unpaired) electrons. The number of ether oxygens (including phenoxy) is 2. The Morgan fingerprint density at radius 2 is 1.62 bits per heavy atom. The molecule has 0 unspecified atom stereocenters. The molecule has 7 N–H and O–H groups in total. The maximum Gasteiger partial charge on any atom is 0.268 e. The van der Waals surface area contributed by atoms with Gasteiger partial charge in [-0.15, -0.1) is 0 Å². The zero-order chi connectivity index (χ0) is 38.0. The first-order valence-electron chi connectivity index (χ1n) is 17.8. The molecule has 2 fully saturated rings. The highest BCUT2D eigenvalue weighted by molar-refractivity contribution is 6.71. The van der Waals surface area contributed by atoms with Crippen LogP contribution in [-0.4, -0.2) is 111 Å². The number of carbonyl (C=O) groups is 3. The van der Waals surface area contributed by atoms with E-state index in [-0.39, 0.29) is 24.6 Å². The summed E-state index contributed by atoms with van der Waals surface area (Å²) in [5.74, 6) is -2.28. The van der Waals surface area contributed by atoms with Crippen molar-refractivity contribution in [1.29, 1.82) is 0 Å². The van der Waals surface area contributed by atoms with Crippen molar-refractivity contribution in [3.8, 4) is 0 Å². The Hall–Kier alpha value is -4.03. The summed E-state index contributed by atoms with van der Waals surface area (Å²) in [6.07, 6.45) is -9.72.